The molecule has 15 heavy (non-hydrogen) atoms. The van der Waals surface area contributed by atoms with E-state index in [4.69, 9.17) is 16.2 Å². The third-order valence-corrected chi connectivity index (χ3v) is 2.81. The van der Waals surface area contributed by atoms with E-state index in [0.717, 1.165) is 18.6 Å². The smallest absolute Gasteiger partial charge is 0.123 e. The lowest BCUT2D eigenvalue weighted by molar-refractivity contribution is 0.155. The van der Waals surface area contributed by atoms with Gasteiger partial charge in [-0.05, 0) is 31.7 Å². The van der Waals surface area contributed by atoms with E-state index in [1.165, 1.54) is 19.3 Å². The van der Waals surface area contributed by atoms with Crippen LogP contribution in [0.15, 0.2) is 18.2 Å². The van der Waals surface area contributed by atoms with Crippen molar-refractivity contribution >= 4 is 11.4 Å². The average molecular weight is 206 g/mol. The Kier molecular flexibility index (Phi) is 2.99. The van der Waals surface area contributed by atoms with Crippen LogP contribution < -0.4 is 16.2 Å². The van der Waals surface area contributed by atoms with Crippen LogP contribution in [0.3, 0.4) is 0 Å². The van der Waals surface area contributed by atoms with Crippen molar-refractivity contribution in [1.82, 2.24) is 0 Å². The summed E-state index contributed by atoms with van der Waals surface area (Å²) in [5, 5.41) is 0. The summed E-state index contributed by atoms with van der Waals surface area (Å²) in [6, 6.07) is 5.42. The van der Waals surface area contributed by atoms with Crippen LogP contribution in [-0.2, 0) is 0 Å². The Bertz CT molecular complexity index is 312. The van der Waals surface area contributed by atoms with E-state index in [9.17, 15) is 0 Å². The SMILES string of the molecule is Nc1cc(N)cc(OC2CCCCC2)c1. The van der Waals surface area contributed by atoms with Crippen LogP contribution in [0.5, 0.6) is 5.75 Å². The maximum atomic E-state index is 5.86. The molecule has 1 saturated carbocycles. The minimum atomic E-state index is 0.347. The molecule has 0 heterocycles. The van der Waals surface area contributed by atoms with Gasteiger partial charge in [0.05, 0.1) is 6.10 Å². The molecular weight excluding hydrogens is 188 g/mol. The van der Waals surface area contributed by atoms with Crippen molar-refractivity contribution in [2.75, 3.05) is 11.5 Å². The Morgan fingerprint density at radius 2 is 1.53 bits per heavy atom. The minimum Gasteiger partial charge on any atom is -0.490 e. The van der Waals surface area contributed by atoms with Gasteiger partial charge >= 0.3 is 0 Å². The molecule has 1 fully saturated rings. The van der Waals surface area contributed by atoms with Crippen LogP contribution in [0.2, 0.25) is 0 Å². The monoisotopic (exact) mass is 206 g/mol. The van der Waals surface area contributed by atoms with E-state index in [2.05, 4.69) is 0 Å². The maximum Gasteiger partial charge on any atom is 0.123 e. The fourth-order valence-corrected chi connectivity index (χ4v) is 2.09. The number of rotatable bonds is 2. The van der Waals surface area contributed by atoms with Crippen LogP contribution in [0.25, 0.3) is 0 Å². The largest absolute Gasteiger partial charge is 0.490 e. The highest BCUT2D eigenvalue weighted by Crippen LogP contribution is 2.26. The molecule has 1 aliphatic carbocycles. The molecule has 82 valence electrons. The summed E-state index contributed by atoms with van der Waals surface area (Å²) in [5.74, 6) is 0.805. The van der Waals surface area contributed by atoms with Crippen molar-refractivity contribution in [3.8, 4) is 5.75 Å². The van der Waals surface area contributed by atoms with E-state index in [-0.39, 0.29) is 0 Å². The Balaban J connectivity index is 2.02. The third-order valence-electron chi connectivity index (χ3n) is 2.81. The molecule has 0 atom stereocenters. The van der Waals surface area contributed by atoms with Crippen molar-refractivity contribution in [3.05, 3.63) is 18.2 Å². The molecule has 0 saturated heterocycles. The molecule has 0 bridgehead atoms. The van der Waals surface area contributed by atoms with Gasteiger partial charge in [0.15, 0.2) is 0 Å². The molecule has 1 aromatic carbocycles. The van der Waals surface area contributed by atoms with Gasteiger partial charge < -0.3 is 16.2 Å². The molecule has 0 amide bonds. The lowest BCUT2D eigenvalue weighted by atomic mass is 9.98. The quantitative estimate of drug-likeness (QED) is 0.731. The maximum absolute atomic E-state index is 5.86. The van der Waals surface area contributed by atoms with E-state index < -0.39 is 0 Å². The average Bonchev–Trinajstić information content (AvgIpc) is 2.17. The Morgan fingerprint density at radius 1 is 0.933 bits per heavy atom. The van der Waals surface area contributed by atoms with Gasteiger partial charge in [-0.2, -0.15) is 0 Å². The highest BCUT2D eigenvalue weighted by atomic mass is 16.5. The summed E-state index contributed by atoms with van der Waals surface area (Å²) >= 11 is 0. The van der Waals surface area contributed by atoms with Gasteiger partial charge in [-0.25, -0.2) is 0 Å². The number of nitrogens with two attached hydrogens (primary N) is 2. The van der Waals surface area contributed by atoms with Crippen molar-refractivity contribution in [2.24, 2.45) is 0 Å². The summed E-state index contributed by atoms with van der Waals surface area (Å²) in [6.45, 7) is 0. The van der Waals surface area contributed by atoms with Crippen molar-refractivity contribution in [3.63, 3.8) is 0 Å². The van der Waals surface area contributed by atoms with Crippen LogP contribution in [0.4, 0.5) is 11.4 Å². The first-order chi connectivity index (χ1) is 7.24. The van der Waals surface area contributed by atoms with Crippen molar-refractivity contribution < 1.29 is 4.74 Å². The first kappa shape index (κ1) is 10.1. The van der Waals surface area contributed by atoms with Gasteiger partial charge in [0.25, 0.3) is 0 Å². The Morgan fingerprint density at radius 3 is 2.13 bits per heavy atom. The molecule has 0 unspecified atom stereocenters. The molecule has 0 radical (unpaired) electrons. The number of ether oxygens (including phenoxy) is 1. The second-order valence-electron chi connectivity index (χ2n) is 4.21. The van der Waals surface area contributed by atoms with E-state index in [1.54, 1.807) is 6.07 Å². The molecule has 2 rings (SSSR count). The molecular formula is C12H18N2O. The van der Waals surface area contributed by atoms with Crippen molar-refractivity contribution in [2.45, 2.75) is 38.2 Å². The number of anilines is 2. The third kappa shape index (κ3) is 2.78. The molecule has 0 aromatic heterocycles. The zero-order valence-corrected chi connectivity index (χ0v) is 8.91. The van der Waals surface area contributed by atoms with Gasteiger partial charge in [0.1, 0.15) is 5.75 Å². The van der Waals surface area contributed by atoms with Crippen LogP contribution in [0.1, 0.15) is 32.1 Å². The standard InChI is InChI=1S/C12H18N2O/c13-9-6-10(14)8-12(7-9)15-11-4-2-1-3-5-11/h6-8,11H,1-5,13-14H2. The molecule has 3 heteroatoms. The number of hydrogen-bond donors (Lipinski definition) is 2. The first-order valence-electron chi connectivity index (χ1n) is 5.57. The van der Waals surface area contributed by atoms with Gasteiger partial charge in [-0.15, -0.1) is 0 Å². The second-order valence-corrected chi connectivity index (χ2v) is 4.21. The molecule has 0 aliphatic heterocycles. The summed E-state index contributed by atoms with van der Waals surface area (Å²) in [4.78, 5) is 0. The predicted octanol–water partition coefficient (Wildman–Crippen LogP) is 2.56. The molecule has 3 nitrogen and oxygen atoms in total. The number of hydrogen-bond acceptors (Lipinski definition) is 3. The molecule has 4 N–H and O–H groups in total. The lowest BCUT2D eigenvalue weighted by Crippen LogP contribution is -2.19. The highest BCUT2D eigenvalue weighted by molar-refractivity contribution is 5.56. The molecule has 1 aliphatic rings. The molecule has 0 spiro atoms. The summed E-state index contributed by atoms with van der Waals surface area (Å²) in [6.07, 6.45) is 6.51. The number of nitrogen functional groups attached to an aromatic ring is 2. The summed E-state index contributed by atoms with van der Waals surface area (Å²) in [7, 11) is 0. The van der Waals surface area contributed by atoms with Crippen LogP contribution in [0, 0.1) is 0 Å². The zero-order valence-electron chi connectivity index (χ0n) is 8.91. The van der Waals surface area contributed by atoms with Crippen molar-refractivity contribution in [1.29, 1.82) is 0 Å². The Labute approximate surface area is 90.4 Å². The van der Waals surface area contributed by atoms with Gasteiger partial charge in [-0.1, -0.05) is 6.42 Å². The number of benzene rings is 1. The van der Waals surface area contributed by atoms with E-state index in [0.29, 0.717) is 17.5 Å². The first-order valence-corrected chi connectivity index (χ1v) is 5.57. The zero-order chi connectivity index (χ0) is 10.7. The predicted molar refractivity (Wildman–Crippen MR) is 62.8 cm³/mol. The fourth-order valence-electron chi connectivity index (χ4n) is 2.09. The lowest BCUT2D eigenvalue weighted by Gasteiger charge is -2.23. The van der Waals surface area contributed by atoms with Crippen LogP contribution >= 0.6 is 0 Å². The summed E-state index contributed by atoms with van der Waals surface area (Å²) in [5.41, 5.74) is 12.7. The summed E-state index contributed by atoms with van der Waals surface area (Å²) < 4.78 is 5.86. The topological polar surface area (TPSA) is 61.3 Å². The van der Waals surface area contributed by atoms with Gasteiger partial charge in [0, 0.05) is 23.5 Å². The fraction of sp³-hybridized carbons (Fsp3) is 0.500. The minimum absolute atomic E-state index is 0.347. The normalized spacial score (nSPS) is 17.6. The highest BCUT2D eigenvalue weighted by Gasteiger charge is 2.14. The van der Waals surface area contributed by atoms with E-state index in [1.807, 2.05) is 12.1 Å². The Hall–Kier alpha value is -1.38. The van der Waals surface area contributed by atoms with Gasteiger partial charge in [0.2, 0.25) is 0 Å². The second kappa shape index (κ2) is 4.43. The van der Waals surface area contributed by atoms with E-state index >= 15 is 0 Å². The van der Waals surface area contributed by atoms with Gasteiger partial charge in [-0.3, -0.25) is 0 Å². The molecule has 1 aromatic rings. The van der Waals surface area contributed by atoms with Crippen LogP contribution in [-0.4, -0.2) is 6.10 Å².